The molecule has 0 radical (unpaired) electrons. The Morgan fingerprint density at radius 3 is 2.44 bits per heavy atom. The first kappa shape index (κ1) is 34.6. The van der Waals surface area contributed by atoms with Crippen LogP contribution in [0.15, 0.2) is 55.0 Å². The van der Waals surface area contributed by atoms with E-state index in [-0.39, 0.29) is 41.1 Å². The number of nitrogens with one attached hydrogen (secondary N) is 2. The van der Waals surface area contributed by atoms with Crippen molar-refractivity contribution in [3.05, 3.63) is 82.1 Å². The zero-order chi connectivity index (χ0) is 37.1. The third-order valence-corrected chi connectivity index (χ3v) is 10.2. The summed E-state index contributed by atoms with van der Waals surface area (Å²) in [6.45, 7) is 6.17. The number of anilines is 2. The summed E-state index contributed by atoms with van der Waals surface area (Å²) in [5.74, 6) is 3.52. The van der Waals surface area contributed by atoms with Crippen LogP contribution in [0, 0.1) is 24.7 Å². The number of hydrogen-bond donors (Lipinski definition) is 2. The number of benzene rings is 2. The first-order valence-electron chi connectivity index (χ1n) is 16.2. The number of aryl methyl sites for hydroxylation is 1. The van der Waals surface area contributed by atoms with Crippen molar-refractivity contribution < 1.29 is 37.1 Å². The van der Waals surface area contributed by atoms with E-state index in [2.05, 4.69) is 32.6 Å². The van der Waals surface area contributed by atoms with E-state index in [9.17, 15) is 37.1 Å². The summed E-state index contributed by atoms with van der Waals surface area (Å²) >= 11 is 1.22. The summed E-state index contributed by atoms with van der Waals surface area (Å²) in [5.41, 5.74) is -0.0537. The molecule has 0 bridgehead atoms. The molecule has 16 heteroatoms. The van der Waals surface area contributed by atoms with Crippen molar-refractivity contribution in [2.45, 2.75) is 51.4 Å². The number of imide groups is 2. The number of thiazole rings is 1. The second kappa shape index (κ2) is 12.7. The largest absolute Gasteiger partial charge is 0.416 e. The fourth-order valence-corrected chi connectivity index (χ4v) is 6.97. The van der Waals surface area contributed by atoms with Gasteiger partial charge in [-0.3, -0.25) is 38.9 Å². The van der Waals surface area contributed by atoms with Crippen LogP contribution in [0.3, 0.4) is 0 Å². The number of carbonyl (C=O) groups excluding carboxylic acids is 5. The molecule has 0 aliphatic carbocycles. The predicted octanol–water partition coefficient (Wildman–Crippen LogP) is 4.60. The van der Waals surface area contributed by atoms with Gasteiger partial charge in [-0.15, -0.1) is 11.3 Å². The summed E-state index contributed by atoms with van der Waals surface area (Å²) < 4.78 is 42.0. The van der Waals surface area contributed by atoms with Crippen LogP contribution in [0.4, 0.5) is 24.5 Å². The zero-order valence-corrected chi connectivity index (χ0v) is 28.8. The molecule has 5 heterocycles. The van der Waals surface area contributed by atoms with Gasteiger partial charge in [0.25, 0.3) is 17.7 Å². The van der Waals surface area contributed by atoms with Crippen LogP contribution in [-0.4, -0.2) is 68.3 Å². The van der Waals surface area contributed by atoms with E-state index in [0.29, 0.717) is 23.7 Å². The van der Waals surface area contributed by atoms with Crippen LogP contribution in [0.25, 0.3) is 10.6 Å². The van der Waals surface area contributed by atoms with Crippen molar-refractivity contribution in [2.24, 2.45) is 5.92 Å². The first-order chi connectivity index (χ1) is 24.6. The highest BCUT2D eigenvalue weighted by atomic mass is 32.1. The molecule has 266 valence electrons. The Hall–Kier alpha value is -5.82. The lowest BCUT2D eigenvalue weighted by molar-refractivity contribution is -0.138. The Morgan fingerprint density at radius 1 is 1.00 bits per heavy atom. The SMILES string of the molecule is Cc1cnc(-c2cc(C(F)(F)F)ccc2NC(=O)C(C)(C)n2cc(C#CC3CN(c4ccc5c(c4)C(=O)N(C4CCC(=O)NC4=O)C5=O)C3)cn2)s1. The minimum atomic E-state index is -4.57. The number of rotatable bonds is 6. The van der Waals surface area contributed by atoms with Gasteiger partial charge in [0.2, 0.25) is 11.8 Å². The maximum absolute atomic E-state index is 13.5. The van der Waals surface area contributed by atoms with Crippen LogP contribution < -0.4 is 15.5 Å². The molecule has 1 unspecified atom stereocenters. The van der Waals surface area contributed by atoms with Crippen molar-refractivity contribution >= 4 is 52.2 Å². The monoisotopic (exact) mass is 729 g/mol. The molecular weight excluding hydrogens is 700 g/mol. The fourth-order valence-electron chi connectivity index (χ4n) is 6.18. The first-order valence-corrected chi connectivity index (χ1v) is 17.0. The van der Waals surface area contributed by atoms with Crippen LogP contribution >= 0.6 is 11.3 Å². The molecule has 3 aliphatic rings. The Balaban J connectivity index is 0.995. The van der Waals surface area contributed by atoms with Crippen molar-refractivity contribution in [3.8, 4) is 22.4 Å². The van der Waals surface area contributed by atoms with Gasteiger partial charge in [-0.25, -0.2) is 4.98 Å². The van der Waals surface area contributed by atoms with Gasteiger partial charge in [0.15, 0.2) is 0 Å². The number of nitrogens with zero attached hydrogens (tertiary/aromatic N) is 5. The van der Waals surface area contributed by atoms with Gasteiger partial charge >= 0.3 is 6.18 Å². The van der Waals surface area contributed by atoms with Gasteiger partial charge in [0.1, 0.15) is 16.6 Å². The summed E-state index contributed by atoms with van der Waals surface area (Å²) in [4.78, 5) is 71.6. The van der Waals surface area contributed by atoms with Gasteiger partial charge in [-0.1, -0.05) is 11.8 Å². The molecule has 3 aliphatic heterocycles. The highest BCUT2D eigenvalue weighted by molar-refractivity contribution is 7.15. The van der Waals surface area contributed by atoms with Gasteiger partial charge in [0.05, 0.1) is 40.1 Å². The minimum absolute atomic E-state index is 0.0159. The number of amides is 5. The average molecular weight is 730 g/mol. The lowest BCUT2D eigenvalue weighted by atomic mass is 9.98. The Labute approximate surface area is 299 Å². The Bertz CT molecular complexity index is 2240. The summed E-state index contributed by atoms with van der Waals surface area (Å²) in [5, 5.41) is 9.63. The number of carbonyl (C=O) groups is 5. The molecule has 2 N–H and O–H groups in total. The number of alkyl halides is 3. The standard InChI is InChI=1S/C36H30F3N7O5S/c1-19-14-40-31(52-19)26-12-22(36(37,38)39)6-9-27(26)42-34(51)35(2,3)45-18-20(15-41-45)4-5-21-16-44(17-21)23-7-8-24-25(13-23)33(50)46(32(24)49)28-10-11-29(47)43-30(28)48/h6-9,12-15,18,21,28H,10-11,16-17H2,1-3H3,(H,42,51)(H,43,47,48). The van der Waals surface area contributed by atoms with Gasteiger partial charge in [-0.2, -0.15) is 18.3 Å². The fraction of sp³-hybridized carbons (Fsp3) is 0.306. The molecule has 7 rings (SSSR count). The van der Waals surface area contributed by atoms with Gasteiger partial charge in [0, 0.05) is 48.0 Å². The maximum atomic E-state index is 13.5. The highest BCUT2D eigenvalue weighted by Gasteiger charge is 2.45. The van der Waals surface area contributed by atoms with E-state index in [4.69, 9.17) is 0 Å². The molecule has 0 saturated carbocycles. The number of fused-ring (bicyclic) bond motifs is 1. The topological polar surface area (TPSA) is 147 Å². The molecule has 12 nitrogen and oxygen atoms in total. The number of aromatic nitrogens is 3. The van der Waals surface area contributed by atoms with E-state index in [1.54, 1.807) is 51.4 Å². The van der Waals surface area contributed by atoms with E-state index < -0.39 is 52.9 Å². The Morgan fingerprint density at radius 2 is 1.75 bits per heavy atom. The van der Waals surface area contributed by atoms with Crippen molar-refractivity contribution in [3.63, 3.8) is 0 Å². The molecule has 2 saturated heterocycles. The van der Waals surface area contributed by atoms with Crippen LogP contribution in [0.2, 0.25) is 0 Å². The summed E-state index contributed by atoms with van der Waals surface area (Å²) in [6, 6.07) is 7.02. The quantitative estimate of drug-likeness (QED) is 0.217. The lowest BCUT2D eigenvalue weighted by Crippen LogP contribution is -2.54. The number of hydrogen-bond acceptors (Lipinski definition) is 9. The van der Waals surface area contributed by atoms with Crippen molar-refractivity contribution in [1.82, 2.24) is 25.0 Å². The highest BCUT2D eigenvalue weighted by Crippen LogP contribution is 2.38. The zero-order valence-electron chi connectivity index (χ0n) is 28.0. The van der Waals surface area contributed by atoms with E-state index >= 15 is 0 Å². The molecule has 1 atom stereocenters. The molecule has 52 heavy (non-hydrogen) atoms. The third-order valence-electron chi connectivity index (χ3n) is 9.25. The third kappa shape index (κ3) is 6.32. The maximum Gasteiger partial charge on any atom is 0.416 e. The average Bonchev–Trinajstić information content (AvgIpc) is 3.79. The van der Waals surface area contributed by atoms with Crippen LogP contribution in [0.1, 0.15) is 63.4 Å². The van der Waals surface area contributed by atoms with Crippen molar-refractivity contribution in [1.29, 1.82) is 0 Å². The van der Waals surface area contributed by atoms with Gasteiger partial charge < -0.3 is 10.2 Å². The normalized spacial score (nSPS) is 17.8. The predicted molar refractivity (Wildman–Crippen MR) is 183 cm³/mol. The molecule has 0 spiro atoms. The van der Waals surface area contributed by atoms with Crippen molar-refractivity contribution in [2.75, 3.05) is 23.3 Å². The molecule has 5 amide bonds. The molecular formula is C36H30F3N7O5S. The van der Waals surface area contributed by atoms with E-state index in [1.165, 1.54) is 28.3 Å². The molecule has 2 aromatic carbocycles. The second-order valence-electron chi connectivity index (χ2n) is 13.3. The molecule has 2 aromatic heterocycles. The lowest BCUT2D eigenvalue weighted by Gasteiger charge is -2.38. The van der Waals surface area contributed by atoms with E-state index in [1.807, 2.05) is 4.90 Å². The summed E-state index contributed by atoms with van der Waals surface area (Å²) in [7, 11) is 0. The number of halogens is 3. The van der Waals surface area contributed by atoms with Crippen LogP contribution in [0.5, 0.6) is 0 Å². The molecule has 2 fully saturated rings. The van der Waals surface area contributed by atoms with E-state index in [0.717, 1.165) is 27.6 Å². The van der Waals surface area contributed by atoms with Gasteiger partial charge in [-0.05, 0) is 63.6 Å². The molecule has 4 aromatic rings. The Kier molecular flexibility index (Phi) is 8.49. The van der Waals surface area contributed by atoms with Crippen LogP contribution in [-0.2, 0) is 26.1 Å². The smallest absolute Gasteiger partial charge is 0.369 e. The second-order valence-corrected chi connectivity index (χ2v) is 14.5. The summed E-state index contributed by atoms with van der Waals surface area (Å²) in [6.07, 6.45) is 0.258. The number of piperidine rings is 1. The minimum Gasteiger partial charge on any atom is -0.369 e.